The molecule has 0 aliphatic carbocycles. The van der Waals surface area contributed by atoms with Crippen LogP contribution < -0.4 is 15.5 Å². The quantitative estimate of drug-likeness (QED) is 0.358. The normalized spacial score (nSPS) is 18.1. The standard InChI is InChI=1S/C22H35N5O3S/c1-3-23-22(25-19-12-15-26(16-13-19)31(29,30)4-2)24-14-7-10-21(28)27-17-11-18-8-5-6-9-20(18)27/h5-6,8-9,19H,3-4,7,10-17H2,1-2H3,(H2,23,24,25). The van der Waals surface area contributed by atoms with Crippen LogP contribution in [0, 0.1) is 0 Å². The topological polar surface area (TPSA) is 94.1 Å². The minimum absolute atomic E-state index is 0.150. The van der Waals surface area contributed by atoms with Gasteiger partial charge in [-0.1, -0.05) is 18.2 Å². The molecule has 2 N–H and O–H groups in total. The molecule has 172 valence electrons. The monoisotopic (exact) mass is 449 g/mol. The van der Waals surface area contributed by atoms with E-state index in [2.05, 4.69) is 21.7 Å². The van der Waals surface area contributed by atoms with Crippen LogP contribution in [0.15, 0.2) is 29.3 Å². The maximum atomic E-state index is 12.6. The van der Waals surface area contributed by atoms with Gasteiger partial charge in [-0.25, -0.2) is 12.7 Å². The summed E-state index contributed by atoms with van der Waals surface area (Å²) >= 11 is 0. The number of hydrogen-bond acceptors (Lipinski definition) is 4. The molecule has 1 aromatic carbocycles. The average molecular weight is 450 g/mol. The van der Waals surface area contributed by atoms with Gasteiger partial charge in [-0.15, -0.1) is 0 Å². The van der Waals surface area contributed by atoms with E-state index in [1.54, 1.807) is 11.2 Å². The number of nitrogens with one attached hydrogen (secondary N) is 2. The summed E-state index contributed by atoms with van der Waals surface area (Å²) in [5.74, 6) is 1.04. The van der Waals surface area contributed by atoms with E-state index in [0.717, 1.165) is 44.0 Å². The highest BCUT2D eigenvalue weighted by atomic mass is 32.2. The first-order chi connectivity index (χ1) is 14.9. The van der Waals surface area contributed by atoms with Crippen molar-refractivity contribution < 1.29 is 13.2 Å². The number of piperidine rings is 1. The van der Waals surface area contributed by atoms with Crippen LogP contribution in [0.3, 0.4) is 0 Å². The van der Waals surface area contributed by atoms with Gasteiger partial charge in [-0.2, -0.15) is 0 Å². The van der Waals surface area contributed by atoms with E-state index in [1.165, 1.54) is 5.56 Å². The molecule has 1 amide bonds. The summed E-state index contributed by atoms with van der Waals surface area (Å²) in [6.45, 7) is 6.86. The third kappa shape index (κ3) is 6.20. The van der Waals surface area contributed by atoms with E-state index in [4.69, 9.17) is 0 Å². The molecule has 3 rings (SSSR count). The number of carbonyl (C=O) groups is 1. The molecular formula is C22H35N5O3S. The van der Waals surface area contributed by atoms with E-state index in [9.17, 15) is 13.2 Å². The lowest BCUT2D eigenvalue weighted by Crippen LogP contribution is -2.50. The van der Waals surface area contributed by atoms with E-state index in [0.29, 0.717) is 32.5 Å². The molecule has 0 radical (unpaired) electrons. The Bertz CT molecular complexity index is 879. The van der Waals surface area contributed by atoms with Crippen molar-refractivity contribution in [3.05, 3.63) is 29.8 Å². The van der Waals surface area contributed by atoms with Gasteiger partial charge in [-0.05, 0) is 51.2 Å². The number of benzene rings is 1. The lowest BCUT2D eigenvalue weighted by molar-refractivity contribution is -0.118. The van der Waals surface area contributed by atoms with Crippen molar-refractivity contribution in [2.75, 3.05) is 43.4 Å². The van der Waals surface area contributed by atoms with Crippen LogP contribution in [0.4, 0.5) is 5.69 Å². The third-order valence-corrected chi connectivity index (χ3v) is 7.79. The number of amides is 1. The molecular weight excluding hydrogens is 414 g/mol. The summed E-state index contributed by atoms with van der Waals surface area (Å²) in [6, 6.07) is 8.30. The number of carbonyl (C=O) groups excluding carboxylic acids is 1. The molecule has 0 spiro atoms. The number of para-hydroxylation sites is 1. The van der Waals surface area contributed by atoms with Crippen LogP contribution in [0.1, 0.15) is 45.1 Å². The van der Waals surface area contributed by atoms with Crippen LogP contribution in [0.25, 0.3) is 0 Å². The zero-order valence-corrected chi connectivity index (χ0v) is 19.5. The lowest BCUT2D eigenvalue weighted by Gasteiger charge is -2.32. The van der Waals surface area contributed by atoms with Gasteiger partial charge in [0.15, 0.2) is 5.96 Å². The molecule has 2 aliphatic rings. The number of rotatable bonds is 8. The fraction of sp³-hybridized carbons (Fsp3) is 0.636. The summed E-state index contributed by atoms with van der Waals surface area (Å²) in [5, 5.41) is 6.68. The van der Waals surface area contributed by atoms with Crippen molar-refractivity contribution in [2.24, 2.45) is 4.99 Å². The van der Waals surface area contributed by atoms with E-state index < -0.39 is 10.0 Å². The highest BCUT2D eigenvalue weighted by Gasteiger charge is 2.27. The van der Waals surface area contributed by atoms with Crippen LogP contribution >= 0.6 is 0 Å². The minimum atomic E-state index is -3.11. The second kappa shape index (κ2) is 10.9. The number of sulfonamides is 1. The number of fused-ring (bicyclic) bond motifs is 1. The van der Waals surface area contributed by atoms with Gasteiger partial charge in [0.25, 0.3) is 0 Å². The van der Waals surface area contributed by atoms with Gasteiger partial charge in [0.2, 0.25) is 15.9 Å². The third-order valence-electron chi connectivity index (χ3n) is 5.90. The first-order valence-electron chi connectivity index (χ1n) is 11.4. The van der Waals surface area contributed by atoms with Crippen molar-refractivity contribution in [2.45, 2.75) is 52.0 Å². The molecule has 8 nitrogen and oxygen atoms in total. The van der Waals surface area contributed by atoms with Gasteiger partial charge in [0.05, 0.1) is 5.75 Å². The van der Waals surface area contributed by atoms with E-state index >= 15 is 0 Å². The zero-order valence-electron chi connectivity index (χ0n) is 18.6. The van der Waals surface area contributed by atoms with Gasteiger partial charge in [0.1, 0.15) is 0 Å². The number of nitrogens with zero attached hydrogens (tertiary/aromatic N) is 3. The summed E-state index contributed by atoms with van der Waals surface area (Å²) < 4.78 is 25.6. The Morgan fingerprint density at radius 2 is 1.90 bits per heavy atom. The van der Waals surface area contributed by atoms with Gasteiger partial charge >= 0.3 is 0 Å². The van der Waals surface area contributed by atoms with Crippen molar-refractivity contribution in [1.82, 2.24) is 14.9 Å². The first kappa shape index (κ1) is 23.5. The van der Waals surface area contributed by atoms with Crippen LogP contribution in [0.5, 0.6) is 0 Å². The SMILES string of the molecule is CCNC(=NCCCC(=O)N1CCc2ccccc21)NC1CCN(S(=O)(=O)CC)CC1. The van der Waals surface area contributed by atoms with Crippen LogP contribution in [0.2, 0.25) is 0 Å². The predicted octanol–water partition coefficient (Wildman–Crippen LogP) is 1.73. The minimum Gasteiger partial charge on any atom is -0.357 e. The molecule has 0 atom stereocenters. The number of anilines is 1. The first-order valence-corrected chi connectivity index (χ1v) is 13.0. The number of aliphatic imine (C=N–C) groups is 1. The Morgan fingerprint density at radius 3 is 2.61 bits per heavy atom. The molecule has 0 bridgehead atoms. The molecule has 9 heteroatoms. The molecule has 0 aromatic heterocycles. The van der Waals surface area contributed by atoms with E-state index in [1.807, 2.05) is 30.0 Å². The second-order valence-corrected chi connectivity index (χ2v) is 10.3. The second-order valence-electron chi connectivity index (χ2n) is 8.01. The zero-order chi connectivity index (χ0) is 22.3. The lowest BCUT2D eigenvalue weighted by atomic mass is 10.1. The van der Waals surface area contributed by atoms with Crippen molar-refractivity contribution in [3.8, 4) is 0 Å². The summed E-state index contributed by atoms with van der Waals surface area (Å²) in [5.41, 5.74) is 2.28. The van der Waals surface area contributed by atoms with Crippen LogP contribution in [-0.4, -0.2) is 69.1 Å². The Labute approximate surface area is 186 Å². The maximum absolute atomic E-state index is 12.6. The summed E-state index contributed by atoms with van der Waals surface area (Å²) in [6.07, 6.45) is 3.62. The fourth-order valence-electron chi connectivity index (χ4n) is 4.13. The molecule has 1 fully saturated rings. The largest absolute Gasteiger partial charge is 0.357 e. The number of guanidine groups is 1. The van der Waals surface area contributed by atoms with E-state index in [-0.39, 0.29) is 17.7 Å². The summed E-state index contributed by atoms with van der Waals surface area (Å²) in [7, 11) is -3.11. The highest BCUT2D eigenvalue weighted by Crippen LogP contribution is 2.28. The smallest absolute Gasteiger partial charge is 0.227 e. The Morgan fingerprint density at radius 1 is 1.16 bits per heavy atom. The van der Waals surface area contributed by atoms with Crippen molar-refractivity contribution in [3.63, 3.8) is 0 Å². The molecule has 2 aliphatic heterocycles. The Balaban J connectivity index is 1.44. The van der Waals surface area contributed by atoms with Gasteiger partial charge in [-0.3, -0.25) is 9.79 Å². The summed E-state index contributed by atoms with van der Waals surface area (Å²) in [4.78, 5) is 19.1. The molecule has 31 heavy (non-hydrogen) atoms. The Kier molecular flexibility index (Phi) is 8.31. The average Bonchev–Trinajstić information content (AvgIpc) is 3.21. The van der Waals surface area contributed by atoms with Crippen molar-refractivity contribution >= 4 is 27.6 Å². The molecule has 0 unspecified atom stereocenters. The van der Waals surface area contributed by atoms with Crippen LogP contribution in [-0.2, 0) is 21.2 Å². The molecule has 1 saturated heterocycles. The van der Waals surface area contributed by atoms with Gasteiger partial charge in [0, 0.05) is 50.9 Å². The fourth-order valence-corrected chi connectivity index (χ4v) is 5.26. The van der Waals surface area contributed by atoms with Gasteiger partial charge < -0.3 is 15.5 Å². The predicted molar refractivity (Wildman–Crippen MR) is 125 cm³/mol. The number of hydrogen-bond donors (Lipinski definition) is 2. The molecule has 2 heterocycles. The van der Waals surface area contributed by atoms with Crippen molar-refractivity contribution in [1.29, 1.82) is 0 Å². The maximum Gasteiger partial charge on any atom is 0.227 e. The molecule has 1 aromatic rings. The highest BCUT2D eigenvalue weighted by molar-refractivity contribution is 7.89. The Hall–Kier alpha value is -2.13. The molecule has 0 saturated carbocycles.